The molecule has 0 amide bonds. The molecule has 6 aromatic rings. The number of nitrogens with one attached hydrogen (secondary N) is 2. The highest BCUT2D eigenvalue weighted by molar-refractivity contribution is 6.05. The van der Waals surface area contributed by atoms with E-state index in [1.165, 1.54) is 19.3 Å². The second-order valence-electron chi connectivity index (χ2n) is 14.1. The molecule has 1 aliphatic heterocycles. The van der Waals surface area contributed by atoms with Crippen molar-refractivity contribution in [3.63, 3.8) is 0 Å². The molecule has 46 heavy (non-hydrogen) atoms. The summed E-state index contributed by atoms with van der Waals surface area (Å²) in [6.45, 7) is 0.412. The van der Waals surface area contributed by atoms with Gasteiger partial charge in [-0.15, -0.1) is 0 Å². The third kappa shape index (κ3) is 4.36. The van der Waals surface area contributed by atoms with Crippen LogP contribution in [-0.4, -0.2) is 43.2 Å². The van der Waals surface area contributed by atoms with E-state index in [9.17, 15) is 4.79 Å². The van der Waals surface area contributed by atoms with E-state index in [1.807, 2.05) is 42.5 Å². The number of halogens is 1. The van der Waals surface area contributed by atoms with Gasteiger partial charge in [0.15, 0.2) is 5.78 Å². The first kappa shape index (κ1) is 26.6. The van der Waals surface area contributed by atoms with Gasteiger partial charge in [0.25, 0.3) is 0 Å². The van der Waals surface area contributed by atoms with Crippen molar-refractivity contribution in [2.24, 2.45) is 17.8 Å². The number of benzene rings is 4. The zero-order valence-corrected chi connectivity index (χ0v) is 25.4. The largest absolute Gasteiger partial charge is 0.342 e. The average molecular weight is 608 g/mol. The van der Waals surface area contributed by atoms with Crippen LogP contribution in [-0.2, 0) is 0 Å². The Bertz CT molecular complexity index is 2160. The van der Waals surface area contributed by atoms with Crippen molar-refractivity contribution in [3.8, 4) is 22.4 Å². The summed E-state index contributed by atoms with van der Waals surface area (Å²) < 4.78 is 15.5. The van der Waals surface area contributed by atoms with E-state index in [1.54, 1.807) is 12.3 Å². The molecule has 1 saturated heterocycles. The van der Waals surface area contributed by atoms with E-state index in [-0.39, 0.29) is 17.6 Å². The van der Waals surface area contributed by atoms with Crippen LogP contribution in [0.25, 0.3) is 44.2 Å². The summed E-state index contributed by atoms with van der Waals surface area (Å²) in [5.41, 5.74) is 5.80. The van der Waals surface area contributed by atoms with Crippen LogP contribution in [0.5, 0.6) is 0 Å². The number of hydrogen-bond donors (Lipinski definition) is 2. The lowest BCUT2D eigenvalue weighted by Crippen LogP contribution is -2.33. The number of hydrogen-bond acceptors (Lipinski definition) is 4. The first-order valence-corrected chi connectivity index (χ1v) is 16.7. The molecule has 3 aliphatic carbocycles. The number of imidazole rings is 2. The van der Waals surface area contributed by atoms with E-state index in [2.05, 4.69) is 50.2 Å². The van der Waals surface area contributed by atoms with Gasteiger partial charge in [-0.1, -0.05) is 54.6 Å². The summed E-state index contributed by atoms with van der Waals surface area (Å²) in [5, 5.41) is 2.12. The van der Waals surface area contributed by atoms with Gasteiger partial charge in [-0.05, 0) is 90.6 Å². The van der Waals surface area contributed by atoms with Gasteiger partial charge in [0.2, 0.25) is 0 Å². The molecule has 6 atom stereocenters. The Morgan fingerprint density at radius 2 is 1.65 bits per heavy atom. The van der Waals surface area contributed by atoms with Gasteiger partial charge in [0.1, 0.15) is 17.5 Å². The van der Waals surface area contributed by atoms with E-state index >= 15 is 4.39 Å². The molecule has 10 rings (SSSR count). The molecule has 3 saturated carbocycles. The van der Waals surface area contributed by atoms with Crippen LogP contribution >= 0.6 is 0 Å². The number of piperidine rings is 1. The first-order chi connectivity index (χ1) is 22.6. The fraction of sp³-hybridized carbons (Fsp3) is 0.308. The number of H-pyrrole nitrogens is 2. The smallest absolute Gasteiger partial charge is 0.176 e. The van der Waals surface area contributed by atoms with E-state index < -0.39 is 0 Å². The van der Waals surface area contributed by atoms with Crippen molar-refractivity contribution in [2.75, 3.05) is 6.54 Å². The molecule has 4 fully saturated rings. The number of aromatic amines is 2. The lowest BCUT2D eigenvalue weighted by molar-refractivity contribution is 0.0899. The summed E-state index contributed by atoms with van der Waals surface area (Å²) in [7, 11) is 0. The molecule has 1 unspecified atom stereocenters. The third-order valence-electron chi connectivity index (χ3n) is 11.3. The second-order valence-corrected chi connectivity index (χ2v) is 14.1. The van der Waals surface area contributed by atoms with E-state index in [0.29, 0.717) is 30.0 Å². The average Bonchev–Trinajstić information content (AvgIpc) is 3.68. The number of likely N-dealkylation sites (tertiary alicyclic amines) is 1. The summed E-state index contributed by atoms with van der Waals surface area (Å²) in [6, 6.07) is 26.1. The quantitative estimate of drug-likeness (QED) is 0.179. The van der Waals surface area contributed by atoms with Crippen molar-refractivity contribution < 1.29 is 9.18 Å². The highest BCUT2D eigenvalue weighted by Crippen LogP contribution is 2.57. The minimum atomic E-state index is -0.251. The Labute approximate surface area is 266 Å². The number of rotatable bonds is 7. The van der Waals surface area contributed by atoms with Gasteiger partial charge in [-0.25, -0.2) is 14.4 Å². The molecule has 2 aromatic heterocycles. The monoisotopic (exact) mass is 607 g/mol. The molecular formula is C39H34FN5O. The van der Waals surface area contributed by atoms with Gasteiger partial charge in [-0.3, -0.25) is 9.69 Å². The zero-order valence-electron chi connectivity index (χ0n) is 25.4. The highest BCUT2D eigenvalue weighted by atomic mass is 19.1. The SMILES string of the molecule is O=C(CN1[C@@H]2C[C@@H]2C[C@H]1c1nc2c(ccc3cc(-c4ccc(-c5cnc(C6C[C@@H]7C[C@@H]7C6)[nH]5)c(F)c4)ccc32)[nH]1)c1ccccc1. The Kier molecular flexibility index (Phi) is 5.74. The number of aromatic nitrogens is 4. The summed E-state index contributed by atoms with van der Waals surface area (Å²) in [6.07, 6.45) is 7.77. The summed E-state index contributed by atoms with van der Waals surface area (Å²) in [4.78, 5) is 32.2. The fourth-order valence-corrected chi connectivity index (χ4v) is 8.61. The second kappa shape index (κ2) is 9.94. The standard InChI is InChI=1S/C39H34FN5O/c40-31-16-23(7-10-30(31)33-19-41-38(43-33)28-14-25-13-26(25)15-28)22-6-9-29-24(12-22)8-11-32-37(29)44-39(42-32)35-18-27-17-34(27)45(35)20-36(46)21-4-2-1-3-5-21/h1-12,16,19,25-28,34-35H,13-15,17-18,20H2,(H,41,43)(H,42,44)/t25-,26+,27-,28?,34-,35+/m1/s1. The predicted molar refractivity (Wildman–Crippen MR) is 177 cm³/mol. The Morgan fingerprint density at radius 1 is 0.826 bits per heavy atom. The lowest BCUT2D eigenvalue weighted by atomic mass is 9.99. The molecule has 2 N–H and O–H groups in total. The molecule has 0 radical (unpaired) electrons. The van der Waals surface area contributed by atoms with E-state index in [4.69, 9.17) is 4.98 Å². The number of nitrogens with zero attached hydrogens (tertiary/aromatic N) is 3. The highest BCUT2D eigenvalue weighted by Gasteiger charge is 2.53. The summed E-state index contributed by atoms with van der Waals surface area (Å²) in [5.74, 6) is 4.74. The van der Waals surface area contributed by atoms with Gasteiger partial charge in [-0.2, -0.15) is 0 Å². The lowest BCUT2D eigenvalue weighted by Gasteiger charge is -2.25. The van der Waals surface area contributed by atoms with Crippen molar-refractivity contribution in [1.29, 1.82) is 0 Å². The molecule has 0 spiro atoms. The maximum Gasteiger partial charge on any atom is 0.176 e. The van der Waals surface area contributed by atoms with Crippen molar-refractivity contribution >= 4 is 27.6 Å². The van der Waals surface area contributed by atoms with Crippen LogP contribution in [0.15, 0.2) is 85.1 Å². The van der Waals surface area contributed by atoms with Crippen LogP contribution in [0.4, 0.5) is 4.39 Å². The van der Waals surface area contributed by atoms with E-state index in [0.717, 1.165) is 80.5 Å². The topological polar surface area (TPSA) is 77.7 Å². The number of fused-ring (bicyclic) bond motifs is 5. The van der Waals surface area contributed by atoms with Crippen LogP contribution in [0.3, 0.4) is 0 Å². The summed E-state index contributed by atoms with van der Waals surface area (Å²) >= 11 is 0. The van der Waals surface area contributed by atoms with Gasteiger partial charge in [0.05, 0.1) is 35.5 Å². The zero-order chi connectivity index (χ0) is 30.5. The number of Topliss-reactive ketones (excluding diaryl/α,β-unsaturated/α-hetero) is 1. The van der Waals surface area contributed by atoms with Crippen LogP contribution in [0, 0.1) is 23.6 Å². The van der Waals surface area contributed by atoms with Crippen LogP contribution in [0.2, 0.25) is 0 Å². The Hall–Kier alpha value is -4.62. The number of carbonyl (C=O) groups is 1. The molecule has 3 heterocycles. The van der Waals surface area contributed by atoms with Crippen molar-refractivity contribution in [1.82, 2.24) is 24.8 Å². The Balaban J connectivity index is 0.916. The van der Waals surface area contributed by atoms with Gasteiger partial charge < -0.3 is 9.97 Å². The molecule has 6 nitrogen and oxygen atoms in total. The Morgan fingerprint density at radius 3 is 2.50 bits per heavy atom. The minimum Gasteiger partial charge on any atom is -0.342 e. The fourth-order valence-electron chi connectivity index (χ4n) is 8.61. The van der Waals surface area contributed by atoms with Crippen molar-refractivity contribution in [3.05, 3.63) is 108 Å². The van der Waals surface area contributed by atoms with Crippen LogP contribution in [0.1, 0.15) is 66.1 Å². The number of carbonyl (C=O) groups excluding carboxylic acids is 1. The first-order valence-electron chi connectivity index (χ1n) is 16.7. The normalized spacial score (nSPS) is 26.5. The predicted octanol–water partition coefficient (Wildman–Crippen LogP) is 8.44. The van der Waals surface area contributed by atoms with Gasteiger partial charge >= 0.3 is 0 Å². The minimum absolute atomic E-state index is 0.106. The molecule has 4 aliphatic rings. The third-order valence-corrected chi connectivity index (χ3v) is 11.3. The van der Waals surface area contributed by atoms with Crippen LogP contribution < -0.4 is 0 Å². The van der Waals surface area contributed by atoms with Gasteiger partial charge in [0, 0.05) is 28.5 Å². The molecular weight excluding hydrogens is 573 g/mol. The maximum atomic E-state index is 15.5. The molecule has 228 valence electrons. The molecule has 0 bridgehead atoms. The molecule has 7 heteroatoms. The maximum absolute atomic E-state index is 15.5. The molecule has 4 aromatic carbocycles. The number of ketones is 1. The van der Waals surface area contributed by atoms with Crippen molar-refractivity contribution in [2.45, 2.75) is 50.1 Å².